The van der Waals surface area contributed by atoms with Gasteiger partial charge in [0.15, 0.2) is 0 Å². The predicted octanol–water partition coefficient (Wildman–Crippen LogP) is 1.91. The van der Waals surface area contributed by atoms with E-state index >= 15 is 0 Å². The first-order valence-electron chi connectivity index (χ1n) is 3.78. The second-order valence-corrected chi connectivity index (χ2v) is 5.01. The van der Waals surface area contributed by atoms with E-state index in [1.54, 1.807) is 17.5 Å². The van der Waals surface area contributed by atoms with Crippen LogP contribution >= 0.6 is 38.8 Å². The quantitative estimate of drug-likeness (QED) is 0.670. The van der Waals surface area contributed by atoms with Gasteiger partial charge in [-0.15, -0.1) is 5.10 Å². The molecule has 2 heterocycles. The van der Waals surface area contributed by atoms with Crippen LogP contribution in [0.2, 0.25) is 0 Å². The Morgan fingerprint density at radius 2 is 2.36 bits per heavy atom. The highest BCUT2D eigenvalue weighted by Gasteiger charge is 2.17. The molecule has 2 aromatic rings. The Kier molecular flexibility index (Phi) is 3.24. The average Bonchev–Trinajstić information content (AvgIpc) is 2.80. The van der Waals surface area contributed by atoms with Crippen molar-refractivity contribution in [2.24, 2.45) is 5.84 Å². The number of halogens is 1. The van der Waals surface area contributed by atoms with Gasteiger partial charge in [0.1, 0.15) is 0 Å². The molecule has 2 rings (SSSR count). The Hall–Kier alpha value is -0.340. The van der Waals surface area contributed by atoms with Crippen molar-refractivity contribution in [2.75, 3.05) is 0 Å². The summed E-state index contributed by atoms with van der Waals surface area (Å²) in [7, 11) is 0. The van der Waals surface area contributed by atoms with Crippen molar-refractivity contribution in [2.45, 2.75) is 6.04 Å². The third-order valence-corrected chi connectivity index (χ3v) is 4.26. The second-order valence-electron chi connectivity index (χ2n) is 2.59. The highest BCUT2D eigenvalue weighted by Crippen LogP contribution is 2.31. The standard InChI is InChI=1S/C7H7BrN4S2/c8-5-3-13-2-4(5)7(11-9)6-1-10-12-14-6/h1-3,7,11H,9H2. The normalized spacial score (nSPS) is 13.0. The van der Waals surface area contributed by atoms with Crippen molar-refractivity contribution < 1.29 is 0 Å². The largest absolute Gasteiger partial charge is 0.271 e. The minimum Gasteiger partial charge on any atom is -0.271 e. The van der Waals surface area contributed by atoms with Crippen LogP contribution < -0.4 is 11.3 Å². The molecular weight excluding hydrogens is 284 g/mol. The summed E-state index contributed by atoms with van der Waals surface area (Å²) in [6, 6.07) is -0.0318. The summed E-state index contributed by atoms with van der Waals surface area (Å²) < 4.78 is 4.87. The van der Waals surface area contributed by atoms with E-state index in [9.17, 15) is 0 Å². The first-order valence-corrected chi connectivity index (χ1v) is 6.29. The Morgan fingerprint density at radius 3 is 2.86 bits per heavy atom. The zero-order chi connectivity index (χ0) is 9.97. The molecule has 1 unspecified atom stereocenters. The average molecular weight is 291 g/mol. The molecular formula is C7H7BrN4S2. The van der Waals surface area contributed by atoms with E-state index in [0.717, 1.165) is 14.9 Å². The maximum atomic E-state index is 5.51. The number of nitrogens with two attached hydrogens (primary N) is 1. The number of hydrogen-bond acceptors (Lipinski definition) is 6. The van der Waals surface area contributed by atoms with Crippen molar-refractivity contribution in [3.05, 3.63) is 31.9 Å². The van der Waals surface area contributed by atoms with Crippen LogP contribution in [0.5, 0.6) is 0 Å². The van der Waals surface area contributed by atoms with Crippen LogP contribution in [-0.2, 0) is 0 Å². The highest BCUT2D eigenvalue weighted by atomic mass is 79.9. The topological polar surface area (TPSA) is 63.8 Å². The van der Waals surface area contributed by atoms with Gasteiger partial charge < -0.3 is 0 Å². The molecule has 7 heteroatoms. The molecule has 0 aliphatic carbocycles. The van der Waals surface area contributed by atoms with Gasteiger partial charge in [-0.2, -0.15) is 11.3 Å². The van der Waals surface area contributed by atoms with Gasteiger partial charge in [0, 0.05) is 15.4 Å². The molecule has 0 aromatic carbocycles. The molecule has 0 aliphatic heterocycles. The van der Waals surface area contributed by atoms with Gasteiger partial charge in [-0.05, 0) is 32.8 Å². The summed E-state index contributed by atoms with van der Waals surface area (Å²) in [5, 5.41) is 7.86. The van der Waals surface area contributed by atoms with E-state index in [-0.39, 0.29) is 6.04 Å². The second kappa shape index (κ2) is 4.45. The lowest BCUT2D eigenvalue weighted by atomic mass is 10.1. The maximum absolute atomic E-state index is 5.51. The molecule has 0 saturated heterocycles. The van der Waals surface area contributed by atoms with E-state index in [0.29, 0.717) is 0 Å². The molecule has 4 nitrogen and oxygen atoms in total. The van der Waals surface area contributed by atoms with Gasteiger partial charge >= 0.3 is 0 Å². The molecule has 2 aromatic heterocycles. The lowest BCUT2D eigenvalue weighted by Gasteiger charge is -2.11. The first kappa shape index (κ1) is 10.2. The number of nitrogens with one attached hydrogen (secondary N) is 1. The summed E-state index contributed by atoms with van der Waals surface area (Å²) in [4.78, 5) is 1.01. The number of hydrogen-bond donors (Lipinski definition) is 2. The van der Waals surface area contributed by atoms with Crippen molar-refractivity contribution in [3.8, 4) is 0 Å². The molecule has 1 atom stereocenters. The summed E-state index contributed by atoms with van der Waals surface area (Å²) >= 11 is 6.44. The first-order chi connectivity index (χ1) is 6.83. The van der Waals surface area contributed by atoms with Crippen LogP contribution in [0.4, 0.5) is 0 Å². The number of nitrogens with zero attached hydrogens (tertiary/aromatic N) is 2. The molecule has 14 heavy (non-hydrogen) atoms. The molecule has 0 spiro atoms. The molecule has 0 bridgehead atoms. The Balaban J connectivity index is 2.36. The van der Waals surface area contributed by atoms with Crippen molar-refractivity contribution >= 4 is 38.8 Å². The molecule has 0 radical (unpaired) electrons. The molecule has 74 valence electrons. The lowest BCUT2D eigenvalue weighted by Crippen LogP contribution is -2.28. The SMILES string of the molecule is NNC(c1cnns1)c1cscc1Br. The molecule has 0 amide bonds. The van der Waals surface area contributed by atoms with Gasteiger partial charge in [0.05, 0.1) is 17.1 Å². The van der Waals surface area contributed by atoms with Crippen LogP contribution in [0, 0.1) is 0 Å². The van der Waals surface area contributed by atoms with Gasteiger partial charge in [-0.1, -0.05) is 4.49 Å². The molecule has 0 fully saturated rings. The zero-order valence-corrected chi connectivity index (χ0v) is 10.2. The third-order valence-electron chi connectivity index (χ3n) is 1.78. The Bertz CT molecular complexity index is 399. The predicted molar refractivity (Wildman–Crippen MR) is 61.1 cm³/mol. The minimum atomic E-state index is -0.0318. The summed E-state index contributed by atoms with van der Waals surface area (Å²) in [5.41, 5.74) is 3.87. The van der Waals surface area contributed by atoms with Crippen LogP contribution in [0.15, 0.2) is 21.4 Å². The maximum Gasteiger partial charge on any atom is 0.0853 e. The third kappa shape index (κ3) is 1.86. The van der Waals surface area contributed by atoms with Crippen LogP contribution in [0.1, 0.15) is 16.5 Å². The van der Waals surface area contributed by atoms with Gasteiger partial charge in [0.2, 0.25) is 0 Å². The van der Waals surface area contributed by atoms with E-state index in [2.05, 4.69) is 30.9 Å². The summed E-state index contributed by atoms with van der Waals surface area (Å²) in [6.07, 6.45) is 1.72. The molecule has 0 saturated carbocycles. The molecule has 3 N–H and O–H groups in total. The number of thiophene rings is 1. The van der Waals surface area contributed by atoms with Crippen LogP contribution in [0.3, 0.4) is 0 Å². The zero-order valence-electron chi connectivity index (χ0n) is 6.98. The van der Waals surface area contributed by atoms with Gasteiger partial charge in [-0.3, -0.25) is 5.84 Å². The monoisotopic (exact) mass is 290 g/mol. The minimum absolute atomic E-state index is 0.0318. The molecule has 0 aliphatic rings. The highest BCUT2D eigenvalue weighted by molar-refractivity contribution is 9.10. The van der Waals surface area contributed by atoms with E-state index in [1.165, 1.54) is 11.5 Å². The number of hydrazine groups is 1. The van der Waals surface area contributed by atoms with E-state index in [4.69, 9.17) is 5.84 Å². The smallest absolute Gasteiger partial charge is 0.0853 e. The van der Waals surface area contributed by atoms with Crippen LogP contribution in [-0.4, -0.2) is 9.59 Å². The Morgan fingerprint density at radius 1 is 1.50 bits per heavy atom. The van der Waals surface area contributed by atoms with Gasteiger partial charge in [0.25, 0.3) is 0 Å². The number of rotatable bonds is 3. The van der Waals surface area contributed by atoms with E-state index < -0.39 is 0 Å². The fourth-order valence-electron chi connectivity index (χ4n) is 1.12. The van der Waals surface area contributed by atoms with Gasteiger partial charge in [-0.25, -0.2) is 5.43 Å². The fourth-order valence-corrected chi connectivity index (χ4v) is 3.26. The summed E-state index contributed by atoms with van der Waals surface area (Å²) in [6.45, 7) is 0. The fraction of sp³-hybridized carbons (Fsp3) is 0.143. The summed E-state index contributed by atoms with van der Waals surface area (Å²) in [5.74, 6) is 5.51. The van der Waals surface area contributed by atoms with Crippen LogP contribution in [0.25, 0.3) is 0 Å². The Labute approximate surface area is 97.4 Å². The number of aromatic nitrogens is 2. The van der Waals surface area contributed by atoms with Crippen molar-refractivity contribution in [3.63, 3.8) is 0 Å². The van der Waals surface area contributed by atoms with Crippen molar-refractivity contribution in [1.82, 2.24) is 15.0 Å². The van der Waals surface area contributed by atoms with E-state index in [1.807, 2.05) is 10.8 Å². The lowest BCUT2D eigenvalue weighted by molar-refractivity contribution is 0.645. The van der Waals surface area contributed by atoms with Crippen molar-refractivity contribution in [1.29, 1.82) is 0 Å².